The number of carbonyl (C=O) groups excluding carboxylic acids is 6. The molecule has 4 amide bonds. The van der Waals surface area contributed by atoms with Crippen LogP contribution in [0, 0.1) is 12.7 Å². The molecule has 25 nitrogen and oxygen atoms in total. The van der Waals surface area contributed by atoms with E-state index >= 15 is 0 Å². The van der Waals surface area contributed by atoms with E-state index in [1.54, 1.807) is 107 Å². The molecule has 754 valence electrons. The molecule has 8 aromatic rings. The van der Waals surface area contributed by atoms with E-state index in [4.69, 9.17) is 24.1 Å². The van der Waals surface area contributed by atoms with Gasteiger partial charge in [-0.15, -0.1) is 0 Å². The molecule has 4 fully saturated rings. The highest BCUT2D eigenvalue weighted by Gasteiger charge is 2.56. The van der Waals surface area contributed by atoms with Crippen molar-refractivity contribution in [3.8, 4) is 23.0 Å². The van der Waals surface area contributed by atoms with Crippen LogP contribution in [0.3, 0.4) is 0 Å². The minimum atomic E-state index is -4.95. The summed E-state index contributed by atoms with van der Waals surface area (Å²) in [5, 5.41) is 8.94. The van der Waals surface area contributed by atoms with Crippen molar-refractivity contribution in [2.75, 3.05) is 121 Å². The predicted molar refractivity (Wildman–Crippen MR) is 490 cm³/mol. The third-order valence-electron chi connectivity index (χ3n) is 28.6. The molecule has 1 atom stereocenters. The van der Waals surface area contributed by atoms with Gasteiger partial charge in [0.1, 0.15) is 23.7 Å². The lowest BCUT2D eigenvalue weighted by atomic mass is 9.78. The summed E-state index contributed by atoms with van der Waals surface area (Å²) in [6.45, 7) is 25.4. The number of aliphatic hydroxyl groups is 1. The van der Waals surface area contributed by atoms with Crippen LogP contribution in [0.1, 0.15) is 224 Å². The number of aryl methyl sites for hydroxylation is 1. The molecule has 16 rings (SSSR count). The number of nitrogens with zero attached hydrogens (tertiary/aromatic N) is 12. The number of carbonyl (C=O) groups is 6. The van der Waals surface area contributed by atoms with Gasteiger partial charge in [-0.2, -0.15) is 52.7 Å². The fraction of sp³-hybridized carbons (Fsp3) is 0.535. The average molecular weight is 1970 g/mol. The maximum atomic E-state index is 14.4. The number of halogens is 13. The third-order valence-corrected chi connectivity index (χ3v) is 31.1. The van der Waals surface area contributed by atoms with Gasteiger partial charge in [0.05, 0.1) is 74.6 Å². The number of sulfone groups is 1. The Balaban J connectivity index is 0.000000166. The molecule has 0 aliphatic carbocycles. The van der Waals surface area contributed by atoms with Gasteiger partial charge < -0.3 is 61.9 Å². The largest absolute Gasteiger partial charge is 0.493 e. The van der Waals surface area contributed by atoms with E-state index in [9.17, 15) is 94.3 Å². The molecule has 4 aromatic carbocycles. The number of piperidine rings is 4. The summed E-state index contributed by atoms with van der Waals surface area (Å²) in [4.78, 5) is 92.4. The Morgan fingerprint density at radius 2 is 0.833 bits per heavy atom. The highest BCUT2D eigenvalue weighted by molar-refractivity contribution is 7.92. The number of alkyl halides is 12. The van der Waals surface area contributed by atoms with Crippen LogP contribution in [-0.4, -0.2) is 262 Å². The zero-order valence-electron chi connectivity index (χ0n) is 80.4. The summed E-state index contributed by atoms with van der Waals surface area (Å²) < 4.78 is 227. The summed E-state index contributed by atoms with van der Waals surface area (Å²) >= 11 is 0. The van der Waals surface area contributed by atoms with Crippen molar-refractivity contribution in [3.63, 3.8) is 0 Å². The molecular weight excluding hydrogens is 1840 g/mol. The number of amides is 4. The van der Waals surface area contributed by atoms with Crippen molar-refractivity contribution in [3.05, 3.63) is 207 Å². The van der Waals surface area contributed by atoms with Gasteiger partial charge in [0.2, 0.25) is 0 Å². The second-order valence-electron chi connectivity index (χ2n) is 39.1. The van der Waals surface area contributed by atoms with Crippen LogP contribution in [0.5, 0.6) is 23.0 Å². The molecule has 4 saturated heterocycles. The van der Waals surface area contributed by atoms with Crippen LogP contribution in [0.25, 0.3) is 0 Å². The molecular formula is C99H123F13N12O13S. The van der Waals surface area contributed by atoms with E-state index in [-0.39, 0.29) is 97.2 Å². The van der Waals surface area contributed by atoms with Crippen LogP contribution in [-0.2, 0) is 69.5 Å². The topological polar surface area (TPSA) is 239 Å². The van der Waals surface area contributed by atoms with Crippen molar-refractivity contribution in [1.29, 1.82) is 0 Å². The molecule has 4 aromatic heterocycles. The fourth-order valence-corrected chi connectivity index (χ4v) is 22.4. The maximum Gasteiger partial charge on any atom is 0.456 e. The highest BCUT2D eigenvalue weighted by Crippen LogP contribution is 2.51. The smallest absolute Gasteiger partial charge is 0.456 e. The first-order valence-corrected chi connectivity index (χ1v) is 47.6. The molecule has 0 saturated carbocycles. The molecule has 0 radical (unpaired) electrons. The van der Waals surface area contributed by atoms with Crippen LogP contribution in [0.2, 0.25) is 0 Å². The van der Waals surface area contributed by atoms with Crippen LogP contribution >= 0.6 is 0 Å². The SMILES string of the molecule is CC(C)Oc1ccc(C(=O)N2CCC3(CC2)c2ccc(C(=O)C(F)(F)F)n2C[C@H](C)N3C)cc1F.CN1CCn2c(C(F)(F)F)ccc2C12CCN(C(=O)c1ccc(S(=O)(=O)C(C)(C)C)cc1)CC2.COc1cc(C(=O)N2CCC3(CC2)c2ccc(C(F)(F)F)n2CCN3C)ccc1OCCO.Cc1cc(C(=O)N2CCC3(CC2)c2ccc(C(=O)C(F)(F)F)n2C(C)(C)CN3C)ccc1OC(C)C.[HH]. The van der Waals surface area contributed by atoms with Crippen LogP contribution < -0.4 is 18.9 Å². The second-order valence-corrected chi connectivity index (χ2v) is 41.8. The first-order chi connectivity index (χ1) is 64.4. The number of ether oxygens (including phenoxy) is 4. The van der Waals surface area contributed by atoms with Gasteiger partial charge in [0.25, 0.3) is 35.2 Å². The number of benzene rings is 4. The molecule has 12 heterocycles. The van der Waals surface area contributed by atoms with Gasteiger partial charge in [-0.05, 0) is 289 Å². The van der Waals surface area contributed by atoms with Crippen molar-refractivity contribution >= 4 is 45.0 Å². The number of aliphatic hydroxyl groups excluding tert-OH is 1. The van der Waals surface area contributed by atoms with Gasteiger partial charge in [-0.1, -0.05) is 0 Å². The third kappa shape index (κ3) is 20.4. The molecule has 8 aliphatic rings. The minimum Gasteiger partial charge on any atom is -0.493 e. The van der Waals surface area contributed by atoms with E-state index in [1.807, 2.05) is 81.9 Å². The Hall–Kier alpha value is -10.7. The zero-order valence-corrected chi connectivity index (χ0v) is 81.2. The van der Waals surface area contributed by atoms with Gasteiger partial charge in [-0.25, -0.2) is 12.8 Å². The van der Waals surface area contributed by atoms with Crippen molar-refractivity contribution < 1.29 is 120 Å². The van der Waals surface area contributed by atoms with Crippen LogP contribution in [0.15, 0.2) is 132 Å². The molecule has 0 unspecified atom stereocenters. The van der Waals surface area contributed by atoms with E-state index in [0.29, 0.717) is 181 Å². The first-order valence-electron chi connectivity index (χ1n) is 46.2. The van der Waals surface area contributed by atoms with E-state index in [2.05, 4.69) is 19.6 Å². The Kier molecular flexibility index (Phi) is 29.9. The monoisotopic (exact) mass is 1970 g/mol. The summed E-state index contributed by atoms with van der Waals surface area (Å²) in [5.74, 6) is -3.40. The van der Waals surface area contributed by atoms with E-state index in [0.717, 1.165) is 17.4 Å². The lowest BCUT2D eigenvalue weighted by molar-refractivity contribution is -0.145. The quantitative estimate of drug-likeness (QED) is 0.0741. The summed E-state index contributed by atoms with van der Waals surface area (Å²) in [5.41, 5.74) is 0.321. The number of likely N-dealkylation sites (tertiary alicyclic amines) is 4. The van der Waals surface area contributed by atoms with Gasteiger partial charge in [-0.3, -0.25) is 48.4 Å². The number of fused-ring (bicyclic) bond motifs is 8. The standard InChI is InChI=1S/C27H34F3N3O3.C25H29F4N3O3.C24H30F3N3O3S.C23H28F3N3O4.H2/c1-17(2)36-21-9-7-19(15-18(21)3)24(35)32-13-11-26(12-14-32)22-10-8-20(23(34)27(28,29)30)33(22)25(4,5)16-31(26)6;1-15(2)35-20-7-5-17(13-18(20)26)23(34)31-11-9-24(10-12-31)21-8-6-19(22(33)25(27,28)29)32(21)14-16(3)30(24)4;1-22(2,3)34(32,33)18-7-5-17(6-8-18)21(31)29-13-11-23(12-14-29)19-9-10-20(24(25,26)27)30(19)16-15-28(23)4;1-27-11-12-29-19(5-6-20(29)23(24,25)26)22(27)7-9-28(10-8-22)21(31)16-3-4-17(33-14-13-30)18(15-16)32-2;/h7-10,15,17H,11-14,16H2,1-6H3;5-8,13,15-16H,9-12,14H2,1-4H3;5-10H,11-16H2,1-4H3;3-6,15,30H,7-14H2,1-2H3;1H/t;16-;;;/m.0.../s1. The number of hydrogen-bond acceptors (Lipinski definition) is 17. The number of aromatic nitrogens is 4. The normalized spacial score (nSPS) is 19.3. The fourth-order valence-electron chi connectivity index (χ4n) is 21.1. The maximum absolute atomic E-state index is 14.4. The molecule has 8 aliphatic heterocycles. The van der Waals surface area contributed by atoms with Crippen molar-refractivity contribution in [2.45, 2.75) is 227 Å². The summed E-state index contributed by atoms with van der Waals surface area (Å²) in [6.07, 6.45) is -14.7. The minimum absolute atomic E-state index is 0. The number of ketones is 2. The van der Waals surface area contributed by atoms with Gasteiger partial charge in [0.15, 0.2) is 32.9 Å². The summed E-state index contributed by atoms with van der Waals surface area (Å²) in [6, 6.07) is 31.6. The molecule has 138 heavy (non-hydrogen) atoms. The van der Waals surface area contributed by atoms with Crippen molar-refractivity contribution in [1.82, 2.24) is 57.5 Å². The number of methoxy groups -OCH3 is 1. The van der Waals surface area contributed by atoms with E-state index in [1.165, 1.54) is 81.5 Å². The van der Waals surface area contributed by atoms with Crippen LogP contribution in [0.4, 0.5) is 57.1 Å². The molecule has 0 bridgehead atoms. The lowest BCUT2D eigenvalue weighted by Crippen LogP contribution is -2.61. The Morgan fingerprint density at radius 1 is 0.457 bits per heavy atom. The number of rotatable bonds is 15. The first kappa shape index (κ1) is 105. The predicted octanol–water partition coefficient (Wildman–Crippen LogP) is 17.1. The molecule has 1 N–H and O–H groups in total. The van der Waals surface area contributed by atoms with Gasteiger partial charge in [0, 0.05) is 144 Å². The van der Waals surface area contributed by atoms with E-state index < -0.39 is 95.8 Å². The van der Waals surface area contributed by atoms with Gasteiger partial charge >= 0.3 is 24.7 Å². The summed E-state index contributed by atoms with van der Waals surface area (Å²) in [7, 11) is 5.72. The Morgan fingerprint density at radius 3 is 1.25 bits per heavy atom. The number of hydrogen-bond donors (Lipinski definition) is 1. The zero-order chi connectivity index (χ0) is 101. The lowest BCUT2D eigenvalue weighted by Gasteiger charge is -2.55. The molecule has 39 heteroatoms. The Bertz CT molecular complexity index is 5940. The number of likely N-dealkylation sites (N-methyl/N-ethyl adjacent to an activating group) is 4. The van der Waals surface area contributed by atoms with Crippen molar-refractivity contribution in [2.24, 2.45) is 0 Å². The highest BCUT2D eigenvalue weighted by atomic mass is 32.2. The average Bonchev–Trinajstić information content (AvgIpc) is 1.60. The second kappa shape index (κ2) is 39.4. The Labute approximate surface area is 796 Å². The number of Topliss-reactive ketones (excluding diaryl/α,β-unsaturated/α-hetero) is 2. The molecule has 4 spiro atoms.